The van der Waals surface area contributed by atoms with Crippen molar-refractivity contribution in [1.82, 2.24) is 9.47 Å². The van der Waals surface area contributed by atoms with E-state index in [0.717, 1.165) is 42.5 Å². The Balaban J connectivity index is 1.69. The summed E-state index contributed by atoms with van der Waals surface area (Å²) < 4.78 is 14.6. The normalized spacial score (nSPS) is 17.2. The van der Waals surface area contributed by atoms with Gasteiger partial charge in [-0.15, -0.1) is 0 Å². The van der Waals surface area contributed by atoms with Gasteiger partial charge in [-0.25, -0.2) is 4.39 Å². The number of benzene rings is 1. The van der Waals surface area contributed by atoms with Crippen LogP contribution in [0.25, 0.3) is 0 Å². The van der Waals surface area contributed by atoms with Gasteiger partial charge in [-0.2, -0.15) is 0 Å². The molecule has 1 aliphatic rings. The number of carbonyl (C=O) groups excluding carboxylic acids is 1. The van der Waals surface area contributed by atoms with Gasteiger partial charge in [-0.1, -0.05) is 12.1 Å². The summed E-state index contributed by atoms with van der Waals surface area (Å²) in [4.78, 5) is 27.5. The van der Waals surface area contributed by atoms with Gasteiger partial charge in [0.2, 0.25) is 0 Å². The van der Waals surface area contributed by atoms with Crippen LogP contribution in [0.4, 0.5) is 4.39 Å². The number of nitrogens with zero attached hydrogens (tertiary/aromatic N) is 2. The van der Waals surface area contributed by atoms with E-state index in [0.29, 0.717) is 24.6 Å². The molecule has 1 aromatic heterocycles. The fourth-order valence-electron chi connectivity index (χ4n) is 3.90. The molecular formula is C22H27FN2O2. The van der Waals surface area contributed by atoms with Crippen molar-refractivity contribution in [3.8, 4) is 0 Å². The number of piperidine rings is 1. The number of carbonyl (C=O) groups is 1. The Morgan fingerprint density at radius 1 is 1.22 bits per heavy atom. The molecule has 1 unspecified atom stereocenters. The lowest BCUT2D eigenvalue weighted by Gasteiger charge is -2.33. The predicted octanol–water partition coefficient (Wildman–Crippen LogP) is 3.63. The second-order valence-corrected chi connectivity index (χ2v) is 7.63. The number of halogens is 1. The van der Waals surface area contributed by atoms with Gasteiger partial charge in [0.05, 0.1) is 0 Å². The van der Waals surface area contributed by atoms with E-state index in [-0.39, 0.29) is 17.3 Å². The average molecular weight is 370 g/mol. The molecule has 1 saturated heterocycles. The van der Waals surface area contributed by atoms with Gasteiger partial charge in [-0.05, 0) is 74.8 Å². The molecule has 1 aromatic carbocycles. The first kappa shape index (κ1) is 19.3. The number of aryl methyl sites for hydroxylation is 3. The van der Waals surface area contributed by atoms with E-state index in [9.17, 15) is 14.0 Å². The van der Waals surface area contributed by atoms with Crippen LogP contribution in [0, 0.1) is 25.6 Å². The van der Waals surface area contributed by atoms with Crippen molar-refractivity contribution in [3.05, 3.63) is 68.9 Å². The summed E-state index contributed by atoms with van der Waals surface area (Å²) in [5, 5.41) is 0. The fourth-order valence-corrected chi connectivity index (χ4v) is 3.90. The van der Waals surface area contributed by atoms with Crippen molar-refractivity contribution in [2.24, 2.45) is 13.0 Å². The second-order valence-electron chi connectivity index (χ2n) is 7.63. The molecule has 1 atom stereocenters. The third-order valence-corrected chi connectivity index (χ3v) is 5.64. The first-order chi connectivity index (χ1) is 12.9. The summed E-state index contributed by atoms with van der Waals surface area (Å²) in [6.45, 7) is 5.07. The van der Waals surface area contributed by atoms with E-state index in [2.05, 4.69) is 0 Å². The van der Waals surface area contributed by atoms with Crippen molar-refractivity contribution in [2.75, 3.05) is 13.1 Å². The molecule has 0 spiro atoms. The van der Waals surface area contributed by atoms with E-state index in [1.54, 1.807) is 7.05 Å². The largest absolute Gasteiger partial charge is 0.338 e. The maximum Gasteiger partial charge on any atom is 0.263 e. The predicted molar refractivity (Wildman–Crippen MR) is 105 cm³/mol. The average Bonchev–Trinajstić information content (AvgIpc) is 2.66. The third kappa shape index (κ3) is 4.29. The van der Waals surface area contributed by atoms with E-state index in [1.165, 1.54) is 16.7 Å². The highest BCUT2D eigenvalue weighted by Crippen LogP contribution is 2.23. The van der Waals surface area contributed by atoms with E-state index < -0.39 is 0 Å². The number of pyridine rings is 1. The summed E-state index contributed by atoms with van der Waals surface area (Å²) in [5.74, 6) is 0.0326. The molecule has 1 aliphatic heterocycles. The molecule has 1 amide bonds. The zero-order chi connectivity index (χ0) is 19.6. The molecule has 0 radical (unpaired) electrons. The number of rotatable bonds is 4. The molecule has 1 fully saturated rings. The van der Waals surface area contributed by atoms with Gasteiger partial charge in [0.1, 0.15) is 11.4 Å². The smallest absolute Gasteiger partial charge is 0.263 e. The number of hydrogen-bond donors (Lipinski definition) is 0. The molecular weight excluding hydrogens is 343 g/mol. The summed E-state index contributed by atoms with van der Waals surface area (Å²) in [6.07, 6.45) is 3.86. The molecule has 0 bridgehead atoms. The maximum atomic E-state index is 13.0. The van der Waals surface area contributed by atoms with Gasteiger partial charge in [0.25, 0.3) is 11.5 Å². The first-order valence-electron chi connectivity index (χ1n) is 9.57. The Labute approximate surface area is 159 Å². The Hall–Kier alpha value is -2.43. The fraction of sp³-hybridized carbons (Fsp3) is 0.455. The van der Waals surface area contributed by atoms with Crippen LogP contribution >= 0.6 is 0 Å². The van der Waals surface area contributed by atoms with Crippen LogP contribution in [0.15, 0.2) is 35.1 Å². The Morgan fingerprint density at radius 3 is 2.63 bits per heavy atom. The molecule has 2 heterocycles. The van der Waals surface area contributed by atoms with Crippen LogP contribution in [0.1, 0.15) is 46.4 Å². The van der Waals surface area contributed by atoms with E-state index in [1.807, 2.05) is 36.9 Å². The number of amides is 1. The summed E-state index contributed by atoms with van der Waals surface area (Å²) in [7, 11) is 1.70. The zero-order valence-corrected chi connectivity index (χ0v) is 16.3. The first-order valence-corrected chi connectivity index (χ1v) is 9.57. The number of likely N-dealkylation sites (tertiary alicyclic amines) is 1. The molecule has 5 heteroatoms. The summed E-state index contributed by atoms with van der Waals surface area (Å²) >= 11 is 0. The molecule has 144 valence electrons. The SMILES string of the molecule is Cc1cc(C)n(C)c(=O)c1C(=O)N1CCCC(CCc2ccc(F)cc2)C1. The van der Waals surface area contributed by atoms with Crippen molar-refractivity contribution in [1.29, 1.82) is 0 Å². The van der Waals surface area contributed by atoms with Gasteiger partial charge in [-0.3, -0.25) is 9.59 Å². The molecule has 4 nitrogen and oxygen atoms in total. The Morgan fingerprint density at radius 2 is 1.93 bits per heavy atom. The standard InChI is InChI=1S/C22H27FN2O2/c1-15-13-16(2)24(3)21(26)20(15)22(27)25-12-4-5-18(14-25)7-6-17-8-10-19(23)11-9-17/h8-11,13,18H,4-7,12,14H2,1-3H3. The van der Waals surface area contributed by atoms with Crippen LogP contribution in [0.5, 0.6) is 0 Å². The zero-order valence-electron chi connectivity index (χ0n) is 16.3. The molecule has 0 saturated carbocycles. The molecule has 3 rings (SSSR count). The summed E-state index contributed by atoms with van der Waals surface area (Å²) in [5.41, 5.74) is 2.79. The van der Waals surface area contributed by atoms with Crippen LogP contribution in [0.3, 0.4) is 0 Å². The van der Waals surface area contributed by atoms with Gasteiger partial charge in [0.15, 0.2) is 0 Å². The Kier molecular flexibility index (Phi) is 5.78. The minimum Gasteiger partial charge on any atom is -0.338 e. The highest BCUT2D eigenvalue weighted by atomic mass is 19.1. The molecule has 0 aliphatic carbocycles. The highest BCUT2D eigenvalue weighted by Gasteiger charge is 2.27. The minimum atomic E-state index is -0.219. The molecule has 0 N–H and O–H groups in total. The van der Waals surface area contributed by atoms with Crippen LogP contribution < -0.4 is 5.56 Å². The minimum absolute atomic E-state index is 0.153. The number of hydrogen-bond acceptors (Lipinski definition) is 2. The lowest BCUT2D eigenvalue weighted by Crippen LogP contribution is -2.43. The molecule has 2 aromatic rings. The van der Waals surface area contributed by atoms with Crippen LogP contribution in [-0.4, -0.2) is 28.5 Å². The number of aromatic nitrogens is 1. The summed E-state index contributed by atoms with van der Waals surface area (Å²) in [6, 6.07) is 8.51. The highest BCUT2D eigenvalue weighted by molar-refractivity contribution is 5.95. The van der Waals surface area contributed by atoms with Crippen LogP contribution in [-0.2, 0) is 13.5 Å². The van der Waals surface area contributed by atoms with Crippen molar-refractivity contribution in [2.45, 2.75) is 39.5 Å². The maximum absolute atomic E-state index is 13.0. The van der Waals surface area contributed by atoms with E-state index in [4.69, 9.17) is 0 Å². The quantitative estimate of drug-likeness (QED) is 0.825. The van der Waals surface area contributed by atoms with E-state index >= 15 is 0 Å². The van der Waals surface area contributed by atoms with Gasteiger partial charge >= 0.3 is 0 Å². The Bertz CT molecular complexity index is 886. The second kappa shape index (κ2) is 8.07. The van der Waals surface area contributed by atoms with Crippen molar-refractivity contribution >= 4 is 5.91 Å². The van der Waals surface area contributed by atoms with Gasteiger partial charge in [0, 0.05) is 25.8 Å². The monoisotopic (exact) mass is 370 g/mol. The van der Waals surface area contributed by atoms with Gasteiger partial charge < -0.3 is 9.47 Å². The van der Waals surface area contributed by atoms with Crippen LogP contribution in [0.2, 0.25) is 0 Å². The van der Waals surface area contributed by atoms with Crippen molar-refractivity contribution in [3.63, 3.8) is 0 Å². The lowest BCUT2D eigenvalue weighted by molar-refractivity contribution is 0.0665. The third-order valence-electron chi connectivity index (χ3n) is 5.64. The molecule has 27 heavy (non-hydrogen) atoms. The lowest BCUT2D eigenvalue weighted by atomic mass is 9.91. The van der Waals surface area contributed by atoms with Crippen molar-refractivity contribution < 1.29 is 9.18 Å². The topological polar surface area (TPSA) is 42.3 Å².